The van der Waals surface area contributed by atoms with E-state index in [0.29, 0.717) is 13.0 Å². The number of nitrogens with one attached hydrogen (secondary N) is 1. The van der Waals surface area contributed by atoms with Crippen LogP contribution >= 0.6 is 0 Å². The van der Waals surface area contributed by atoms with Gasteiger partial charge >= 0.3 is 5.97 Å². The minimum Gasteiger partial charge on any atom is -0.479 e. The van der Waals surface area contributed by atoms with E-state index in [4.69, 9.17) is 14.9 Å². The summed E-state index contributed by atoms with van der Waals surface area (Å²) in [6, 6.07) is 0. The molecular formula is C9H15NO5. The third kappa shape index (κ3) is 3.17. The second kappa shape index (κ2) is 5.09. The van der Waals surface area contributed by atoms with E-state index in [9.17, 15) is 9.59 Å². The van der Waals surface area contributed by atoms with Gasteiger partial charge in [0, 0.05) is 6.61 Å². The third-order valence-electron chi connectivity index (χ3n) is 2.47. The monoisotopic (exact) mass is 217 g/mol. The number of hydrogen-bond donors (Lipinski definition) is 3. The molecule has 6 nitrogen and oxygen atoms in total. The van der Waals surface area contributed by atoms with Gasteiger partial charge in [-0.15, -0.1) is 0 Å². The molecule has 0 aromatic rings. The van der Waals surface area contributed by atoms with Gasteiger partial charge in [-0.3, -0.25) is 4.79 Å². The molecule has 86 valence electrons. The number of carboxylic acids is 1. The lowest BCUT2D eigenvalue weighted by Crippen LogP contribution is -2.41. The summed E-state index contributed by atoms with van der Waals surface area (Å²) >= 11 is 0. The Balaban J connectivity index is 2.32. The first-order valence-corrected chi connectivity index (χ1v) is 4.82. The van der Waals surface area contributed by atoms with Crippen LogP contribution in [0.3, 0.4) is 0 Å². The molecule has 0 bridgehead atoms. The summed E-state index contributed by atoms with van der Waals surface area (Å²) in [7, 11) is 0. The first-order valence-electron chi connectivity index (χ1n) is 4.82. The average Bonchev–Trinajstić information content (AvgIpc) is 2.60. The highest BCUT2D eigenvalue weighted by molar-refractivity contribution is 5.80. The number of aliphatic hydroxyl groups excluding tert-OH is 1. The summed E-state index contributed by atoms with van der Waals surface area (Å²) < 4.78 is 5.20. The van der Waals surface area contributed by atoms with Crippen LogP contribution in [0.5, 0.6) is 0 Å². The summed E-state index contributed by atoms with van der Waals surface area (Å²) in [6.45, 7) is 2.07. The van der Waals surface area contributed by atoms with E-state index in [2.05, 4.69) is 5.32 Å². The molecule has 15 heavy (non-hydrogen) atoms. The SMILES string of the molecule is CC1OCCC1C(=O)NCC(O)C(=O)O. The quantitative estimate of drug-likeness (QED) is 0.559. The van der Waals surface area contributed by atoms with Gasteiger partial charge in [-0.1, -0.05) is 0 Å². The molecule has 0 radical (unpaired) electrons. The van der Waals surface area contributed by atoms with Crippen LogP contribution in [0.1, 0.15) is 13.3 Å². The molecule has 0 aromatic heterocycles. The molecule has 1 amide bonds. The van der Waals surface area contributed by atoms with Crippen molar-refractivity contribution in [1.29, 1.82) is 0 Å². The van der Waals surface area contributed by atoms with E-state index in [0.717, 1.165) is 0 Å². The van der Waals surface area contributed by atoms with Gasteiger partial charge in [0.15, 0.2) is 6.10 Å². The molecule has 0 aromatic carbocycles. The van der Waals surface area contributed by atoms with Crippen molar-refractivity contribution < 1.29 is 24.5 Å². The second-order valence-corrected chi connectivity index (χ2v) is 3.57. The highest BCUT2D eigenvalue weighted by Crippen LogP contribution is 2.20. The van der Waals surface area contributed by atoms with E-state index in [1.165, 1.54) is 0 Å². The van der Waals surface area contributed by atoms with Gasteiger partial charge in [0.2, 0.25) is 5.91 Å². The van der Waals surface area contributed by atoms with Gasteiger partial charge in [0.25, 0.3) is 0 Å². The third-order valence-corrected chi connectivity index (χ3v) is 2.47. The van der Waals surface area contributed by atoms with E-state index >= 15 is 0 Å². The molecule has 1 saturated heterocycles. The molecule has 1 aliphatic heterocycles. The maximum Gasteiger partial charge on any atom is 0.334 e. The number of aliphatic hydroxyl groups is 1. The van der Waals surface area contributed by atoms with E-state index in [1.807, 2.05) is 0 Å². The summed E-state index contributed by atoms with van der Waals surface area (Å²) in [5.41, 5.74) is 0. The smallest absolute Gasteiger partial charge is 0.334 e. The molecule has 1 aliphatic rings. The van der Waals surface area contributed by atoms with Crippen LogP contribution in [0.2, 0.25) is 0 Å². The molecule has 3 unspecified atom stereocenters. The molecule has 1 fully saturated rings. The number of aliphatic carboxylic acids is 1. The zero-order valence-corrected chi connectivity index (χ0v) is 8.47. The fourth-order valence-corrected chi connectivity index (χ4v) is 1.49. The minimum atomic E-state index is -1.55. The molecule has 3 atom stereocenters. The molecule has 0 aliphatic carbocycles. The molecule has 1 heterocycles. The molecule has 3 N–H and O–H groups in total. The first kappa shape index (κ1) is 11.9. The number of amides is 1. The summed E-state index contributed by atoms with van der Waals surface area (Å²) in [5, 5.41) is 19.7. The van der Waals surface area contributed by atoms with Crippen LogP contribution in [0.25, 0.3) is 0 Å². The molecule has 6 heteroatoms. The maximum absolute atomic E-state index is 11.5. The number of ether oxygens (including phenoxy) is 1. The molecular weight excluding hydrogens is 202 g/mol. The van der Waals surface area contributed by atoms with Gasteiger partial charge in [0.1, 0.15) is 0 Å². The fourth-order valence-electron chi connectivity index (χ4n) is 1.49. The fraction of sp³-hybridized carbons (Fsp3) is 0.778. The van der Waals surface area contributed by atoms with Crippen molar-refractivity contribution in [1.82, 2.24) is 5.32 Å². The predicted molar refractivity (Wildman–Crippen MR) is 50.2 cm³/mol. The summed E-state index contributed by atoms with van der Waals surface area (Å²) in [5.74, 6) is -1.85. The predicted octanol–water partition coefficient (Wildman–Crippen LogP) is -1.03. The van der Waals surface area contributed by atoms with Crippen molar-refractivity contribution in [3.8, 4) is 0 Å². The van der Waals surface area contributed by atoms with Crippen LogP contribution in [0.15, 0.2) is 0 Å². The van der Waals surface area contributed by atoms with Crippen molar-refractivity contribution in [3.05, 3.63) is 0 Å². The molecule has 0 spiro atoms. The largest absolute Gasteiger partial charge is 0.479 e. The Hall–Kier alpha value is -1.14. The zero-order chi connectivity index (χ0) is 11.4. The Bertz CT molecular complexity index is 255. The normalized spacial score (nSPS) is 27.3. The van der Waals surface area contributed by atoms with Gasteiger partial charge in [-0.2, -0.15) is 0 Å². The Morgan fingerprint density at radius 2 is 2.27 bits per heavy atom. The van der Waals surface area contributed by atoms with Crippen molar-refractivity contribution >= 4 is 11.9 Å². The van der Waals surface area contributed by atoms with Crippen LogP contribution in [-0.2, 0) is 14.3 Å². The van der Waals surface area contributed by atoms with Gasteiger partial charge in [0.05, 0.1) is 18.6 Å². The van der Waals surface area contributed by atoms with Crippen LogP contribution in [0.4, 0.5) is 0 Å². The van der Waals surface area contributed by atoms with Crippen LogP contribution < -0.4 is 5.32 Å². The van der Waals surface area contributed by atoms with Crippen molar-refractivity contribution in [3.63, 3.8) is 0 Å². The van der Waals surface area contributed by atoms with E-state index in [1.54, 1.807) is 6.92 Å². The number of carboxylic acid groups (broad SMARTS) is 1. The topological polar surface area (TPSA) is 95.9 Å². The minimum absolute atomic E-state index is 0.146. The Morgan fingerprint density at radius 3 is 2.73 bits per heavy atom. The lowest BCUT2D eigenvalue weighted by Gasteiger charge is -2.14. The highest BCUT2D eigenvalue weighted by atomic mass is 16.5. The van der Waals surface area contributed by atoms with E-state index < -0.39 is 12.1 Å². The lowest BCUT2D eigenvalue weighted by atomic mass is 10.0. The zero-order valence-electron chi connectivity index (χ0n) is 8.47. The second-order valence-electron chi connectivity index (χ2n) is 3.57. The number of hydrogen-bond acceptors (Lipinski definition) is 4. The average molecular weight is 217 g/mol. The Morgan fingerprint density at radius 1 is 1.60 bits per heavy atom. The Kier molecular flexibility index (Phi) is 4.05. The highest BCUT2D eigenvalue weighted by Gasteiger charge is 2.31. The summed E-state index contributed by atoms with van der Waals surface area (Å²) in [6.07, 6.45) is -1.06. The number of carbonyl (C=O) groups is 2. The van der Waals surface area contributed by atoms with Crippen LogP contribution in [-0.4, -0.2) is 47.4 Å². The number of carbonyl (C=O) groups excluding carboxylic acids is 1. The number of rotatable bonds is 4. The Labute approximate surface area is 87.2 Å². The maximum atomic E-state index is 11.5. The lowest BCUT2D eigenvalue weighted by molar-refractivity contribution is -0.146. The van der Waals surface area contributed by atoms with Gasteiger partial charge < -0.3 is 20.3 Å². The van der Waals surface area contributed by atoms with Crippen LogP contribution in [0, 0.1) is 5.92 Å². The molecule has 0 saturated carbocycles. The van der Waals surface area contributed by atoms with Crippen molar-refractivity contribution in [2.75, 3.05) is 13.2 Å². The first-order chi connectivity index (χ1) is 7.02. The van der Waals surface area contributed by atoms with E-state index in [-0.39, 0.29) is 24.5 Å². The summed E-state index contributed by atoms with van der Waals surface area (Å²) in [4.78, 5) is 21.8. The van der Waals surface area contributed by atoms with Gasteiger partial charge in [-0.05, 0) is 13.3 Å². The van der Waals surface area contributed by atoms with Crippen molar-refractivity contribution in [2.24, 2.45) is 5.92 Å². The van der Waals surface area contributed by atoms with Gasteiger partial charge in [-0.25, -0.2) is 4.79 Å². The molecule has 1 rings (SSSR count). The standard InChI is InChI=1S/C9H15NO5/c1-5-6(2-3-15-5)8(12)10-4-7(11)9(13)14/h5-7,11H,2-4H2,1H3,(H,10,12)(H,13,14). The van der Waals surface area contributed by atoms with Crippen molar-refractivity contribution in [2.45, 2.75) is 25.6 Å².